The topological polar surface area (TPSA) is 49.4 Å². The number of nitrogens with zero attached hydrogens (tertiary/aromatic N) is 1. The van der Waals surface area contributed by atoms with Crippen LogP contribution in [0, 0.1) is 5.92 Å². The monoisotopic (exact) mass is 296 g/mol. The highest BCUT2D eigenvalue weighted by atomic mass is 32.2. The maximum Gasteiger partial charge on any atom is 0.177 e. The van der Waals surface area contributed by atoms with Crippen LogP contribution in [-0.4, -0.2) is 45.8 Å². The lowest BCUT2D eigenvalue weighted by atomic mass is 9.97. The minimum absolute atomic E-state index is 0.394. The summed E-state index contributed by atoms with van der Waals surface area (Å²) in [6, 6.07) is 7.15. The molecule has 20 heavy (non-hydrogen) atoms. The molecule has 0 amide bonds. The molecule has 0 bridgehead atoms. The molecule has 112 valence electrons. The van der Waals surface area contributed by atoms with Crippen molar-refractivity contribution < 1.29 is 8.42 Å². The van der Waals surface area contributed by atoms with Crippen molar-refractivity contribution in [2.75, 3.05) is 37.8 Å². The van der Waals surface area contributed by atoms with E-state index in [4.69, 9.17) is 0 Å². The van der Waals surface area contributed by atoms with Gasteiger partial charge in [0.15, 0.2) is 9.84 Å². The Labute approximate surface area is 122 Å². The zero-order valence-corrected chi connectivity index (χ0v) is 13.1. The van der Waals surface area contributed by atoms with Crippen molar-refractivity contribution in [3.05, 3.63) is 24.3 Å². The smallest absolute Gasteiger partial charge is 0.177 e. The number of nitrogens with one attached hydrogen (secondary N) is 1. The van der Waals surface area contributed by atoms with E-state index in [9.17, 15) is 8.42 Å². The van der Waals surface area contributed by atoms with Crippen LogP contribution in [-0.2, 0) is 9.84 Å². The summed E-state index contributed by atoms with van der Waals surface area (Å²) in [6.07, 6.45) is 3.62. The van der Waals surface area contributed by atoms with Crippen LogP contribution in [0.5, 0.6) is 0 Å². The normalized spacial score (nSPS) is 18.1. The molecule has 1 aromatic rings. The molecule has 2 rings (SSSR count). The number of para-hydroxylation sites is 1. The Kier molecular flexibility index (Phi) is 5.05. The van der Waals surface area contributed by atoms with E-state index in [1.54, 1.807) is 12.1 Å². The van der Waals surface area contributed by atoms with Gasteiger partial charge in [-0.1, -0.05) is 19.1 Å². The standard InChI is InChI=1S/C15H24N2O2S/c1-3-17-10-8-13(9-11-17)12-16-14-6-4-5-7-15(14)20(2,18)19/h4-7,13,16H,3,8-12H2,1-2H3. The van der Waals surface area contributed by atoms with Crippen molar-refractivity contribution in [1.29, 1.82) is 0 Å². The summed E-state index contributed by atoms with van der Waals surface area (Å²) in [5, 5.41) is 3.32. The molecule has 1 saturated heterocycles. The molecule has 1 aliphatic rings. The molecule has 0 aliphatic carbocycles. The first-order valence-corrected chi connectivity index (χ1v) is 9.15. The summed E-state index contributed by atoms with van der Waals surface area (Å²) in [7, 11) is -3.17. The van der Waals surface area contributed by atoms with Crippen molar-refractivity contribution in [2.45, 2.75) is 24.7 Å². The third kappa shape index (κ3) is 3.96. The molecular weight excluding hydrogens is 272 g/mol. The number of hydrogen-bond acceptors (Lipinski definition) is 4. The zero-order chi connectivity index (χ0) is 14.6. The van der Waals surface area contributed by atoms with Gasteiger partial charge in [0.05, 0.1) is 10.6 Å². The molecular formula is C15H24N2O2S. The van der Waals surface area contributed by atoms with Gasteiger partial charge in [-0.3, -0.25) is 0 Å². The molecule has 4 nitrogen and oxygen atoms in total. The van der Waals surface area contributed by atoms with Gasteiger partial charge in [-0.2, -0.15) is 0 Å². The third-order valence-corrected chi connectivity index (χ3v) is 5.18. The SMILES string of the molecule is CCN1CCC(CNc2ccccc2S(C)(=O)=O)CC1. The highest BCUT2D eigenvalue weighted by Gasteiger charge is 2.19. The van der Waals surface area contributed by atoms with Crippen molar-refractivity contribution in [3.8, 4) is 0 Å². The maximum atomic E-state index is 11.7. The summed E-state index contributed by atoms with van der Waals surface area (Å²) >= 11 is 0. The van der Waals surface area contributed by atoms with E-state index < -0.39 is 9.84 Å². The predicted molar refractivity (Wildman–Crippen MR) is 82.9 cm³/mol. The van der Waals surface area contributed by atoms with E-state index in [1.165, 1.54) is 19.1 Å². The predicted octanol–water partition coefficient (Wildman–Crippen LogP) is 2.23. The number of anilines is 1. The van der Waals surface area contributed by atoms with E-state index in [0.717, 1.165) is 31.9 Å². The molecule has 1 aliphatic heterocycles. The average molecular weight is 296 g/mol. The van der Waals surface area contributed by atoms with Crippen LogP contribution in [0.1, 0.15) is 19.8 Å². The van der Waals surface area contributed by atoms with Crippen LogP contribution < -0.4 is 5.32 Å². The maximum absolute atomic E-state index is 11.7. The van der Waals surface area contributed by atoms with Crippen molar-refractivity contribution in [1.82, 2.24) is 4.90 Å². The second-order valence-electron chi connectivity index (χ2n) is 5.53. The van der Waals surface area contributed by atoms with Crippen LogP contribution in [0.2, 0.25) is 0 Å². The fraction of sp³-hybridized carbons (Fsp3) is 0.600. The van der Waals surface area contributed by atoms with E-state index >= 15 is 0 Å². The van der Waals surface area contributed by atoms with E-state index in [-0.39, 0.29) is 0 Å². The van der Waals surface area contributed by atoms with Crippen molar-refractivity contribution in [3.63, 3.8) is 0 Å². The van der Waals surface area contributed by atoms with Gasteiger partial charge in [-0.25, -0.2) is 8.42 Å². The summed E-state index contributed by atoms with van der Waals surface area (Å²) in [5.41, 5.74) is 0.730. The zero-order valence-electron chi connectivity index (χ0n) is 12.3. The number of likely N-dealkylation sites (tertiary alicyclic amines) is 1. The molecule has 5 heteroatoms. The van der Waals surface area contributed by atoms with E-state index in [2.05, 4.69) is 17.1 Å². The molecule has 1 heterocycles. The Hall–Kier alpha value is -1.07. The van der Waals surface area contributed by atoms with Crippen molar-refractivity contribution in [2.24, 2.45) is 5.92 Å². The van der Waals surface area contributed by atoms with Crippen LogP contribution in [0.15, 0.2) is 29.2 Å². The Morgan fingerprint density at radius 3 is 2.50 bits per heavy atom. The lowest BCUT2D eigenvalue weighted by Gasteiger charge is -2.31. The van der Waals surface area contributed by atoms with Gasteiger partial charge in [0.25, 0.3) is 0 Å². The molecule has 0 aromatic heterocycles. The number of sulfone groups is 1. The number of rotatable bonds is 5. The van der Waals surface area contributed by atoms with E-state index in [0.29, 0.717) is 10.8 Å². The molecule has 0 unspecified atom stereocenters. The van der Waals surface area contributed by atoms with Gasteiger partial charge >= 0.3 is 0 Å². The summed E-state index contributed by atoms with van der Waals surface area (Å²) in [4.78, 5) is 2.85. The molecule has 0 saturated carbocycles. The van der Waals surface area contributed by atoms with E-state index in [1.807, 2.05) is 12.1 Å². The number of benzene rings is 1. The number of hydrogen-bond donors (Lipinski definition) is 1. The fourth-order valence-electron chi connectivity index (χ4n) is 2.70. The summed E-state index contributed by atoms with van der Waals surface area (Å²) in [5.74, 6) is 0.630. The van der Waals surface area contributed by atoms with Gasteiger partial charge in [-0.05, 0) is 50.5 Å². The second kappa shape index (κ2) is 6.59. The lowest BCUT2D eigenvalue weighted by Crippen LogP contribution is -2.35. The van der Waals surface area contributed by atoms with Gasteiger partial charge in [0.1, 0.15) is 0 Å². The Morgan fingerprint density at radius 2 is 1.90 bits per heavy atom. The fourth-order valence-corrected chi connectivity index (χ4v) is 3.56. The molecule has 0 atom stereocenters. The van der Waals surface area contributed by atoms with Crippen molar-refractivity contribution >= 4 is 15.5 Å². The summed E-state index contributed by atoms with van der Waals surface area (Å²) in [6.45, 7) is 6.47. The molecule has 0 spiro atoms. The van der Waals surface area contributed by atoms with Crippen LogP contribution in [0.25, 0.3) is 0 Å². The third-order valence-electron chi connectivity index (χ3n) is 4.02. The minimum atomic E-state index is -3.17. The molecule has 1 N–H and O–H groups in total. The first-order valence-electron chi connectivity index (χ1n) is 7.26. The largest absolute Gasteiger partial charge is 0.384 e. The first-order chi connectivity index (χ1) is 9.50. The highest BCUT2D eigenvalue weighted by molar-refractivity contribution is 7.90. The van der Waals surface area contributed by atoms with Crippen LogP contribution in [0.4, 0.5) is 5.69 Å². The quantitative estimate of drug-likeness (QED) is 0.905. The molecule has 0 radical (unpaired) electrons. The van der Waals surface area contributed by atoms with Gasteiger partial charge in [0.2, 0.25) is 0 Å². The Balaban J connectivity index is 1.95. The number of piperidine rings is 1. The Bertz CT molecular complexity index is 535. The average Bonchev–Trinajstić information content (AvgIpc) is 2.45. The molecule has 1 aromatic carbocycles. The lowest BCUT2D eigenvalue weighted by molar-refractivity contribution is 0.198. The summed E-state index contributed by atoms with van der Waals surface area (Å²) < 4.78 is 23.5. The van der Waals surface area contributed by atoms with Crippen LogP contribution >= 0.6 is 0 Å². The van der Waals surface area contributed by atoms with Gasteiger partial charge < -0.3 is 10.2 Å². The highest BCUT2D eigenvalue weighted by Crippen LogP contribution is 2.23. The van der Waals surface area contributed by atoms with Gasteiger partial charge in [0, 0.05) is 12.8 Å². The first kappa shape index (κ1) is 15.3. The minimum Gasteiger partial charge on any atom is -0.384 e. The Morgan fingerprint density at radius 1 is 1.25 bits per heavy atom. The van der Waals surface area contributed by atoms with Gasteiger partial charge in [-0.15, -0.1) is 0 Å². The van der Waals surface area contributed by atoms with Crippen LogP contribution in [0.3, 0.4) is 0 Å². The molecule has 1 fully saturated rings. The second-order valence-corrected chi connectivity index (χ2v) is 7.51.